The molecule has 1 N–H and O–H groups in total. The predicted molar refractivity (Wildman–Crippen MR) is 130 cm³/mol. The van der Waals surface area contributed by atoms with Gasteiger partial charge in [-0.15, -0.1) is 0 Å². The Morgan fingerprint density at radius 2 is 2.09 bits per heavy atom. The molecule has 2 aromatic rings. The number of nitrogens with one attached hydrogen (secondary N) is 1. The van der Waals surface area contributed by atoms with Crippen molar-refractivity contribution in [1.29, 1.82) is 0 Å². The summed E-state index contributed by atoms with van der Waals surface area (Å²) in [6.45, 7) is 9.43. The topological polar surface area (TPSA) is 71.5 Å². The fraction of sp³-hybridized carbons (Fsp3) is 0.444. The molecule has 6 nitrogen and oxygen atoms in total. The first-order valence-corrected chi connectivity index (χ1v) is 11.7. The number of hydrogen-bond donors (Lipinski definition) is 1. The summed E-state index contributed by atoms with van der Waals surface area (Å²) in [6.07, 6.45) is 5.97. The van der Waals surface area contributed by atoms with Crippen LogP contribution in [0.5, 0.6) is 0 Å². The highest BCUT2D eigenvalue weighted by Crippen LogP contribution is 2.30. The van der Waals surface area contributed by atoms with Crippen molar-refractivity contribution in [3.05, 3.63) is 65.4 Å². The third kappa shape index (κ3) is 5.17. The van der Waals surface area contributed by atoms with Crippen LogP contribution in [0.4, 0.5) is 0 Å². The van der Waals surface area contributed by atoms with Gasteiger partial charge in [-0.25, -0.2) is 0 Å². The molecule has 0 saturated carbocycles. The van der Waals surface area contributed by atoms with E-state index in [4.69, 9.17) is 4.74 Å². The monoisotopic (exact) mass is 447 g/mol. The summed E-state index contributed by atoms with van der Waals surface area (Å²) in [7, 11) is 1.43. The summed E-state index contributed by atoms with van der Waals surface area (Å²) < 4.78 is 5.08. The van der Waals surface area contributed by atoms with Crippen molar-refractivity contribution in [2.24, 2.45) is 5.92 Å². The number of fused-ring (bicyclic) bond motifs is 1. The molecule has 1 saturated heterocycles. The van der Waals surface area contributed by atoms with Crippen molar-refractivity contribution in [1.82, 2.24) is 15.2 Å². The fourth-order valence-electron chi connectivity index (χ4n) is 5.06. The summed E-state index contributed by atoms with van der Waals surface area (Å²) in [5, 5.41) is 4.00. The van der Waals surface area contributed by atoms with Crippen molar-refractivity contribution >= 4 is 22.8 Å². The molecule has 1 aliphatic heterocycles. The van der Waals surface area contributed by atoms with E-state index < -0.39 is 0 Å². The summed E-state index contributed by atoms with van der Waals surface area (Å²) in [4.78, 5) is 32.4. The zero-order valence-electron chi connectivity index (χ0n) is 19.8. The number of benzene rings is 1. The Morgan fingerprint density at radius 1 is 1.30 bits per heavy atom. The molecule has 0 radical (unpaired) electrons. The molecule has 1 aromatic heterocycles. The molecular formula is C27H33N3O3. The van der Waals surface area contributed by atoms with Crippen molar-refractivity contribution in [3.63, 3.8) is 0 Å². The Hall–Kier alpha value is -2.99. The lowest BCUT2D eigenvalue weighted by atomic mass is 9.85. The second kappa shape index (κ2) is 9.87. The lowest BCUT2D eigenvalue weighted by Gasteiger charge is -2.27. The first kappa shape index (κ1) is 23.2. The van der Waals surface area contributed by atoms with Crippen LogP contribution >= 0.6 is 0 Å². The van der Waals surface area contributed by atoms with E-state index in [-0.39, 0.29) is 24.0 Å². The summed E-state index contributed by atoms with van der Waals surface area (Å²) in [5.41, 5.74) is 4.81. The van der Waals surface area contributed by atoms with E-state index in [9.17, 15) is 9.59 Å². The second-order valence-corrected chi connectivity index (χ2v) is 9.38. The predicted octanol–water partition coefficient (Wildman–Crippen LogP) is 4.19. The first-order chi connectivity index (χ1) is 15.9. The Bertz CT molecular complexity index is 1110. The van der Waals surface area contributed by atoms with Gasteiger partial charge in [-0.1, -0.05) is 42.0 Å². The highest BCUT2D eigenvalue weighted by molar-refractivity contribution is 6.06. The molecule has 174 valence electrons. The van der Waals surface area contributed by atoms with Crippen molar-refractivity contribution in [2.45, 2.75) is 51.6 Å². The normalized spacial score (nSPS) is 23.2. The van der Waals surface area contributed by atoms with E-state index in [1.165, 1.54) is 18.3 Å². The Labute approximate surface area is 195 Å². The Morgan fingerprint density at radius 3 is 2.79 bits per heavy atom. The minimum atomic E-state index is -0.351. The number of aryl methyl sites for hydroxylation is 1. The number of amides is 1. The molecule has 2 aliphatic rings. The third-order valence-corrected chi connectivity index (χ3v) is 6.91. The standard InChI is InChI=1S/C27H33N3O3/c1-17(2)20-11-9-19(10-12-20)15-30-16-21(14-25(30)27(32)33-4)29-26(31)23-13-18(3)28-24-8-6-5-7-22(23)24/h5-9,13,20-21,25H,1,10-12,14-16H2,2-4H3,(H,29,31)/t20-,21-,25+/m1/s1. The van der Waals surface area contributed by atoms with E-state index in [1.807, 2.05) is 37.3 Å². The molecule has 0 bridgehead atoms. The number of methoxy groups -OCH3 is 1. The maximum Gasteiger partial charge on any atom is 0.323 e. The molecular weight excluding hydrogens is 414 g/mol. The average Bonchev–Trinajstić information content (AvgIpc) is 3.20. The molecule has 33 heavy (non-hydrogen) atoms. The average molecular weight is 448 g/mol. The van der Waals surface area contributed by atoms with Gasteiger partial charge in [0.15, 0.2) is 0 Å². The quantitative estimate of drug-likeness (QED) is 0.531. The number of allylic oxidation sites excluding steroid dienone is 2. The molecule has 0 spiro atoms. The number of hydrogen-bond acceptors (Lipinski definition) is 5. The number of rotatable bonds is 6. The Kier molecular flexibility index (Phi) is 6.94. The summed E-state index contributed by atoms with van der Waals surface area (Å²) in [6, 6.07) is 9.02. The zero-order valence-corrected chi connectivity index (χ0v) is 19.8. The second-order valence-electron chi connectivity index (χ2n) is 9.38. The van der Waals surface area contributed by atoms with E-state index >= 15 is 0 Å². The van der Waals surface area contributed by atoms with Crippen LogP contribution < -0.4 is 5.32 Å². The van der Waals surface area contributed by atoms with Gasteiger partial charge in [0.1, 0.15) is 6.04 Å². The largest absolute Gasteiger partial charge is 0.468 e. The molecule has 4 rings (SSSR count). The van der Waals surface area contributed by atoms with Crippen LogP contribution in [-0.4, -0.2) is 54.0 Å². The highest BCUT2D eigenvalue weighted by Gasteiger charge is 2.38. The smallest absolute Gasteiger partial charge is 0.323 e. The van der Waals surface area contributed by atoms with Gasteiger partial charge in [-0.05, 0) is 57.6 Å². The van der Waals surface area contributed by atoms with Crippen molar-refractivity contribution in [2.75, 3.05) is 20.2 Å². The van der Waals surface area contributed by atoms with Crippen molar-refractivity contribution in [3.8, 4) is 0 Å². The van der Waals surface area contributed by atoms with E-state index in [0.29, 0.717) is 24.4 Å². The van der Waals surface area contributed by atoms with Gasteiger partial charge in [0.25, 0.3) is 5.91 Å². The van der Waals surface area contributed by atoms with Gasteiger partial charge in [-0.3, -0.25) is 19.5 Å². The van der Waals surface area contributed by atoms with Gasteiger partial charge >= 0.3 is 5.97 Å². The number of carbonyl (C=O) groups excluding carboxylic acids is 2. The van der Waals surface area contributed by atoms with Crippen LogP contribution in [0, 0.1) is 12.8 Å². The minimum Gasteiger partial charge on any atom is -0.468 e. The molecule has 3 atom stereocenters. The maximum absolute atomic E-state index is 13.2. The van der Waals surface area contributed by atoms with E-state index in [2.05, 4.69) is 34.8 Å². The molecule has 2 heterocycles. The van der Waals surface area contributed by atoms with Crippen LogP contribution in [0.15, 0.2) is 54.1 Å². The molecule has 0 unspecified atom stereocenters. The molecule has 1 aromatic carbocycles. The van der Waals surface area contributed by atoms with Crippen LogP contribution in [-0.2, 0) is 9.53 Å². The van der Waals surface area contributed by atoms with Gasteiger partial charge in [0.05, 0.1) is 18.2 Å². The number of likely N-dealkylation sites (tertiary alicyclic amines) is 1. The number of para-hydroxylation sites is 1. The Balaban J connectivity index is 1.48. The van der Waals surface area contributed by atoms with Crippen molar-refractivity contribution < 1.29 is 14.3 Å². The van der Waals surface area contributed by atoms with Gasteiger partial charge in [0, 0.05) is 30.2 Å². The molecule has 1 aliphatic carbocycles. The van der Waals surface area contributed by atoms with Gasteiger partial charge in [0.2, 0.25) is 0 Å². The van der Waals surface area contributed by atoms with E-state index in [0.717, 1.165) is 42.4 Å². The van der Waals surface area contributed by atoms with Crippen LogP contribution in [0.25, 0.3) is 10.9 Å². The first-order valence-electron chi connectivity index (χ1n) is 11.7. The summed E-state index contributed by atoms with van der Waals surface area (Å²) in [5.74, 6) is 0.177. The van der Waals surface area contributed by atoms with Crippen LogP contribution in [0.2, 0.25) is 0 Å². The third-order valence-electron chi connectivity index (χ3n) is 6.91. The highest BCUT2D eigenvalue weighted by atomic mass is 16.5. The minimum absolute atomic E-state index is 0.124. The van der Waals surface area contributed by atoms with Gasteiger partial charge in [-0.2, -0.15) is 0 Å². The molecule has 6 heteroatoms. The lowest BCUT2D eigenvalue weighted by Crippen LogP contribution is -2.39. The number of carbonyl (C=O) groups is 2. The number of pyridine rings is 1. The van der Waals surface area contributed by atoms with Crippen LogP contribution in [0.1, 0.15) is 48.7 Å². The summed E-state index contributed by atoms with van der Waals surface area (Å²) >= 11 is 0. The maximum atomic E-state index is 13.2. The zero-order chi connectivity index (χ0) is 23.5. The fourth-order valence-corrected chi connectivity index (χ4v) is 5.06. The molecule has 1 fully saturated rings. The molecule has 1 amide bonds. The number of nitrogens with zero attached hydrogens (tertiary/aromatic N) is 2. The van der Waals surface area contributed by atoms with Gasteiger partial charge < -0.3 is 10.1 Å². The SMILES string of the molecule is C=C(C)[C@@H]1CC=C(CN2C[C@H](NC(=O)c3cc(C)nc4ccccc34)C[C@H]2C(=O)OC)CC1. The lowest BCUT2D eigenvalue weighted by molar-refractivity contribution is -0.145. The number of ether oxygens (including phenoxy) is 1. The van der Waals surface area contributed by atoms with E-state index in [1.54, 1.807) is 0 Å². The number of esters is 1. The van der Waals surface area contributed by atoms with Crippen LogP contribution in [0.3, 0.4) is 0 Å². The number of aromatic nitrogens is 1.